The molecule has 2 amide bonds. The molecule has 0 aliphatic heterocycles. The highest BCUT2D eigenvalue weighted by Crippen LogP contribution is 2.27. The summed E-state index contributed by atoms with van der Waals surface area (Å²) in [6.45, 7) is 0.304. The summed E-state index contributed by atoms with van der Waals surface area (Å²) in [5, 5.41) is 6.32. The van der Waals surface area contributed by atoms with Crippen LogP contribution in [0, 0.1) is 0 Å². The molecule has 142 valence electrons. The van der Waals surface area contributed by atoms with Gasteiger partial charge in [0.15, 0.2) is 11.5 Å². The molecule has 7 nitrogen and oxygen atoms in total. The Kier molecular flexibility index (Phi) is 7.81. The van der Waals surface area contributed by atoms with E-state index in [1.165, 1.54) is 6.21 Å². The lowest BCUT2D eigenvalue weighted by atomic mass is 10.1. The van der Waals surface area contributed by atoms with Gasteiger partial charge in [-0.15, -0.1) is 0 Å². The average Bonchev–Trinajstić information content (AvgIpc) is 2.69. The van der Waals surface area contributed by atoms with Crippen molar-refractivity contribution in [3.8, 4) is 11.5 Å². The zero-order valence-corrected chi connectivity index (χ0v) is 16.6. The van der Waals surface area contributed by atoms with E-state index in [-0.39, 0.29) is 0 Å². The summed E-state index contributed by atoms with van der Waals surface area (Å²) in [4.78, 5) is 23.5. The minimum atomic E-state index is -0.823. The molecule has 0 saturated heterocycles. The number of nitrogens with zero attached hydrogens (tertiary/aromatic N) is 1. The van der Waals surface area contributed by atoms with Crippen molar-refractivity contribution in [2.24, 2.45) is 5.10 Å². The van der Waals surface area contributed by atoms with Crippen LogP contribution in [0.3, 0.4) is 0 Å². The summed E-state index contributed by atoms with van der Waals surface area (Å²) >= 11 is 3.33. The van der Waals surface area contributed by atoms with Crippen LogP contribution in [0.25, 0.3) is 0 Å². The second kappa shape index (κ2) is 10.3. The Morgan fingerprint density at radius 1 is 1.04 bits per heavy atom. The number of carbonyl (C=O) groups excluding carboxylic acids is 2. The molecule has 0 fully saturated rings. The molecule has 2 aromatic rings. The maximum atomic E-state index is 11.8. The van der Waals surface area contributed by atoms with Gasteiger partial charge in [-0.25, -0.2) is 5.43 Å². The van der Waals surface area contributed by atoms with E-state index in [0.717, 1.165) is 15.6 Å². The highest BCUT2D eigenvalue weighted by atomic mass is 79.9. The third kappa shape index (κ3) is 6.41. The lowest BCUT2D eigenvalue weighted by Crippen LogP contribution is -2.38. The molecule has 0 atom stereocenters. The quantitative estimate of drug-likeness (QED) is 0.398. The minimum absolute atomic E-state index is 0.304. The van der Waals surface area contributed by atoms with Crippen molar-refractivity contribution in [2.75, 3.05) is 20.8 Å². The molecule has 0 radical (unpaired) electrons. The van der Waals surface area contributed by atoms with Gasteiger partial charge < -0.3 is 14.8 Å². The number of hydrazone groups is 1. The van der Waals surface area contributed by atoms with Gasteiger partial charge in [0.05, 0.1) is 20.4 Å². The van der Waals surface area contributed by atoms with Crippen molar-refractivity contribution < 1.29 is 19.1 Å². The fraction of sp³-hybridized carbons (Fsp3) is 0.211. The predicted octanol–water partition coefficient (Wildman–Crippen LogP) is 2.28. The maximum absolute atomic E-state index is 11.8. The number of hydrogen-bond donors (Lipinski definition) is 2. The molecule has 0 aromatic heterocycles. The van der Waals surface area contributed by atoms with E-state index < -0.39 is 11.8 Å². The lowest BCUT2D eigenvalue weighted by Gasteiger charge is -2.10. The van der Waals surface area contributed by atoms with Gasteiger partial charge in [-0.05, 0) is 41.8 Å². The van der Waals surface area contributed by atoms with Crippen molar-refractivity contribution in [3.63, 3.8) is 0 Å². The number of amides is 2. The normalized spacial score (nSPS) is 10.5. The molecule has 2 N–H and O–H groups in total. The fourth-order valence-electron chi connectivity index (χ4n) is 2.20. The molecule has 27 heavy (non-hydrogen) atoms. The second-order valence-corrected chi connectivity index (χ2v) is 6.36. The Hall–Kier alpha value is -2.87. The van der Waals surface area contributed by atoms with Crippen LogP contribution in [0.2, 0.25) is 0 Å². The zero-order chi connectivity index (χ0) is 19.6. The molecule has 0 aliphatic rings. The summed E-state index contributed by atoms with van der Waals surface area (Å²) in [6.07, 6.45) is 2.00. The van der Waals surface area contributed by atoms with E-state index in [1.54, 1.807) is 20.3 Å². The van der Waals surface area contributed by atoms with E-state index in [4.69, 9.17) is 9.47 Å². The van der Waals surface area contributed by atoms with Crippen molar-refractivity contribution in [2.45, 2.75) is 6.42 Å². The monoisotopic (exact) mass is 433 g/mol. The molecule has 0 spiro atoms. The van der Waals surface area contributed by atoms with E-state index in [2.05, 4.69) is 31.8 Å². The Balaban J connectivity index is 1.78. The summed E-state index contributed by atoms with van der Waals surface area (Å²) in [7, 11) is 3.12. The van der Waals surface area contributed by atoms with Gasteiger partial charge in [0.25, 0.3) is 0 Å². The van der Waals surface area contributed by atoms with Crippen molar-refractivity contribution in [1.29, 1.82) is 0 Å². The van der Waals surface area contributed by atoms with Gasteiger partial charge in [0.2, 0.25) is 0 Å². The van der Waals surface area contributed by atoms with Crippen LogP contribution in [0.15, 0.2) is 52.0 Å². The largest absolute Gasteiger partial charge is 0.493 e. The molecule has 0 aliphatic carbocycles. The third-order valence-corrected chi connectivity index (χ3v) is 4.13. The van der Waals surface area contributed by atoms with Gasteiger partial charge in [0, 0.05) is 11.0 Å². The molecule has 2 aromatic carbocycles. The van der Waals surface area contributed by atoms with Gasteiger partial charge >= 0.3 is 11.8 Å². The smallest absolute Gasteiger partial charge is 0.329 e. The first-order valence-corrected chi connectivity index (χ1v) is 8.90. The first-order chi connectivity index (χ1) is 13.0. The second-order valence-electron chi connectivity index (χ2n) is 5.45. The lowest BCUT2D eigenvalue weighted by molar-refractivity contribution is -0.139. The Labute approximate surface area is 165 Å². The molecule has 8 heteroatoms. The number of halogens is 1. The minimum Gasteiger partial charge on any atom is -0.493 e. The molecule has 0 bridgehead atoms. The Bertz CT molecular complexity index is 822. The van der Waals surface area contributed by atoms with Gasteiger partial charge in [-0.2, -0.15) is 5.10 Å². The highest BCUT2D eigenvalue weighted by Gasteiger charge is 2.12. The summed E-state index contributed by atoms with van der Waals surface area (Å²) in [5.74, 6) is -0.325. The van der Waals surface area contributed by atoms with E-state index in [1.807, 2.05) is 36.4 Å². The summed E-state index contributed by atoms with van der Waals surface area (Å²) < 4.78 is 11.4. The SMILES string of the molecule is COc1ccc(CCNC(=O)C(=O)N/N=C/c2ccc(Br)cc2)cc1OC. The van der Waals surface area contributed by atoms with E-state index >= 15 is 0 Å². The zero-order valence-electron chi connectivity index (χ0n) is 15.0. The van der Waals surface area contributed by atoms with Crippen LogP contribution >= 0.6 is 15.9 Å². The van der Waals surface area contributed by atoms with Gasteiger partial charge in [0.1, 0.15) is 0 Å². The number of benzene rings is 2. The van der Waals surface area contributed by atoms with Gasteiger partial charge in [-0.1, -0.05) is 34.1 Å². The topological polar surface area (TPSA) is 89.0 Å². The molecule has 0 unspecified atom stereocenters. The van der Waals surface area contributed by atoms with Crippen molar-refractivity contribution >= 4 is 34.0 Å². The summed E-state index contributed by atoms with van der Waals surface area (Å²) in [6, 6.07) is 12.8. The number of ether oxygens (including phenoxy) is 2. The van der Waals surface area contributed by atoms with Crippen LogP contribution in [0.5, 0.6) is 11.5 Å². The average molecular weight is 434 g/mol. The standard InChI is InChI=1S/C19H20BrN3O4/c1-26-16-8-5-13(11-17(16)27-2)9-10-21-18(24)19(25)23-22-12-14-3-6-15(20)7-4-14/h3-8,11-12H,9-10H2,1-2H3,(H,21,24)(H,23,25)/b22-12+. The molecule has 2 rings (SSSR count). The van der Waals surface area contributed by atoms with Gasteiger partial charge in [-0.3, -0.25) is 9.59 Å². The van der Waals surface area contributed by atoms with E-state index in [0.29, 0.717) is 24.5 Å². The van der Waals surface area contributed by atoms with E-state index in [9.17, 15) is 9.59 Å². The first kappa shape index (κ1) is 20.4. The number of carbonyl (C=O) groups is 2. The maximum Gasteiger partial charge on any atom is 0.329 e. The Morgan fingerprint density at radius 2 is 1.74 bits per heavy atom. The van der Waals surface area contributed by atoms with Crippen LogP contribution < -0.4 is 20.2 Å². The summed E-state index contributed by atoms with van der Waals surface area (Å²) in [5.41, 5.74) is 3.94. The van der Waals surface area contributed by atoms with Crippen LogP contribution in [0.4, 0.5) is 0 Å². The van der Waals surface area contributed by atoms with Crippen molar-refractivity contribution in [3.05, 3.63) is 58.1 Å². The fourth-order valence-corrected chi connectivity index (χ4v) is 2.47. The molecular weight excluding hydrogens is 414 g/mol. The first-order valence-electron chi connectivity index (χ1n) is 8.11. The number of nitrogens with one attached hydrogen (secondary N) is 2. The van der Waals surface area contributed by atoms with Crippen molar-refractivity contribution in [1.82, 2.24) is 10.7 Å². The predicted molar refractivity (Wildman–Crippen MR) is 106 cm³/mol. The molecule has 0 saturated carbocycles. The van der Waals surface area contributed by atoms with Crippen LogP contribution in [-0.2, 0) is 16.0 Å². The highest BCUT2D eigenvalue weighted by molar-refractivity contribution is 9.10. The number of rotatable bonds is 7. The number of methoxy groups -OCH3 is 2. The van der Waals surface area contributed by atoms with Crippen LogP contribution in [-0.4, -0.2) is 38.8 Å². The van der Waals surface area contributed by atoms with Crippen LogP contribution in [0.1, 0.15) is 11.1 Å². The number of hydrogen-bond acceptors (Lipinski definition) is 5. The third-order valence-electron chi connectivity index (χ3n) is 3.60. The Morgan fingerprint density at radius 3 is 2.41 bits per heavy atom. The molecule has 0 heterocycles. The molecular formula is C19H20BrN3O4.